The zero-order chi connectivity index (χ0) is 29.2. The monoisotopic (exact) mass is 561 g/mol. The molecule has 0 aromatic heterocycles. The second-order valence-electron chi connectivity index (χ2n) is 10.4. The lowest BCUT2D eigenvalue weighted by Gasteiger charge is -2.34. The summed E-state index contributed by atoms with van der Waals surface area (Å²) in [6.07, 6.45) is 2.46. The number of phenolic OH excluding ortho intramolecular Hbond substituents is 1. The Morgan fingerprint density at radius 3 is 2.28 bits per heavy atom. The summed E-state index contributed by atoms with van der Waals surface area (Å²) < 4.78 is 5.27. The number of phenols is 1. The van der Waals surface area contributed by atoms with Crippen molar-refractivity contribution in [1.82, 2.24) is 10.2 Å². The summed E-state index contributed by atoms with van der Waals surface area (Å²) in [6, 6.07) is 8.70. The van der Waals surface area contributed by atoms with Gasteiger partial charge in [-0.3, -0.25) is 9.59 Å². The quantitative estimate of drug-likeness (QED) is 0.259. The van der Waals surface area contributed by atoms with Crippen LogP contribution in [0.15, 0.2) is 42.5 Å². The molecule has 0 saturated heterocycles. The molecule has 2 aromatic rings. The van der Waals surface area contributed by atoms with Crippen LogP contribution in [-0.2, 0) is 14.3 Å². The minimum absolute atomic E-state index is 0.000468. The predicted octanol–water partition coefficient (Wildman–Crippen LogP) is 5.33. The Hall–Kier alpha value is -3.30. The Labute approximate surface area is 235 Å². The molecule has 2 rings (SSSR count). The molecule has 4 N–H and O–H groups in total. The number of nitrogens with one attached hydrogen (secondary N) is 2. The molecule has 0 fully saturated rings. The number of rotatable bonds is 12. The number of alkyl carbamates (subject to hydrolysis) is 1. The van der Waals surface area contributed by atoms with Gasteiger partial charge in [-0.1, -0.05) is 62.1 Å². The number of aliphatic hydroxyl groups excluding tert-OH is 1. The summed E-state index contributed by atoms with van der Waals surface area (Å²) in [6.45, 7) is 8.41. The van der Waals surface area contributed by atoms with Gasteiger partial charge in [-0.05, 0) is 63.4 Å². The molecule has 0 radical (unpaired) electrons. The Morgan fingerprint density at radius 2 is 1.72 bits per heavy atom. The first-order chi connectivity index (χ1) is 18.4. The Balaban J connectivity index is 2.50. The second-order valence-corrected chi connectivity index (χ2v) is 10.8. The number of halogens is 1. The lowest BCUT2D eigenvalue weighted by Crippen LogP contribution is -2.54. The van der Waals surface area contributed by atoms with E-state index in [2.05, 4.69) is 17.6 Å². The molecule has 9 nitrogen and oxygen atoms in total. The van der Waals surface area contributed by atoms with Crippen LogP contribution in [0.25, 0.3) is 0 Å². The van der Waals surface area contributed by atoms with Gasteiger partial charge in [0.1, 0.15) is 23.4 Å². The third-order valence-corrected chi connectivity index (χ3v) is 6.26. The maximum Gasteiger partial charge on any atom is 0.408 e. The van der Waals surface area contributed by atoms with Crippen molar-refractivity contribution in [3.63, 3.8) is 0 Å². The van der Waals surface area contributed by atoms with Gasteiger partial charge >= 0.3 is 6.09 Å². The number of carbonyl (C=O) groups is 3. The molecule has 10 heteroatoms. The fraction of sp³-hybridized carbons (Fsp3) is 0.483. The molecule has 2 atom stereocenters. The van der Waals surface area contributed by atoms with Crippen LogP contribution in [0.3, 0.4) is 0 Å². The number of nitrogens with zero attached hydrogens (tertiary/aromatic N) is 1. The predicted molar refractivity (Wildman–Crippen MR) is 152 cm³/mol. The van der Waals surface area contributed by atoms with E-state index in [-0.39, 0.29) is 12.3 Å². The number of unbranched alkanes of at least 4 members (excludes halogenated alkanes) is 3. The van der Waals surface area contributed by atoms with Crippen molar-refractivity contribution >= 4 is 35.2 Å². The molecule has 39 heavy (non-hydrogen) atoms. The molecule has 0 saturated carbocycles. The van der Waals surface area contributed by atoms with E-state index in [4.69, 9.17) is 16.3 Å². The molecule has 3 amide bonds. The van der Waals surface area contributed by atoms with Crippen LogP contribution in [0.4, 0.5) is 10.5 Å². The number of anilines is 1. The van der Waals surface area contributed by atoms with Crippen molar-refractivity contribution in [3.8, 4) is 5.75 Å². The summed E-state index contributed by atoms with van der Waals surface area (Å²) in [5.74, 6) is -1.18. The number of amides is 3. The highest BCUT2D eigenvalue weighted by molar-refractivity contribution is 6.34. The Bertz CT molecular complexity index is 1100. The van der Waals surface area contributed by atoms with Crippen molar-refractivity contribution in [2.75, 3.05) is 18.5 Å². The van der Waals surface area contributed by atoms with Gasteiger partial charge in [-0.15, -0.1) is 0 Å². The molecule has 0 aliphatic carbocycles. The number of para-hydroxylation sites is 1. The summed E-state index contributed by atoms with van der Waals surface area (Å²) in [7, 11) is 0. The van der Waals surface area contributed by atoms with Crippen LogP contribution in [0.5, 0.6) is 5.75 Å². The largest absolute Gasteiger partial charge is 0.508 e. The van der Waals surface area contributed by atoms with Crippen molar-refractivity contribution < 1.29 is 29.3 Å². The van der Waals surface area contributed by atoms with Crippen LogP contribution in [0.2, 0.25) is 5.02 Å². The van der Waals surface area contributed by atoms with Gasteiger partial charge in [-0.25, -0.2) is 4.79 Å². The van der Waals surface area contributed by atoms with Crippen LogP contribution >= 0.6 is 11.6 Å². The van der Waals surface area contributed by atoms with E-state index in [1.54, 1.807) is 58.0 Å². The molecular formula is C29H40ClN3O6. The van der Waals surface area contributed by atoms with Gasteiger partial charge in [0, 0.05) is 6.54 Å². The minimum atomic E-state index is -1.35. The molecular weight excluding hydrogens is 522 g/mol. The maximum absolute atomic E-state index is 13.9. The first-order valence-corrected chi connectivity index (χ1v) is 13.5. The third kappa shape index (κ3) is 9.75. The van der Waals surface area contributed by atoms with Crippen LogP contribution < -0.4 is 10.6 Å². The van der Waals surface area contributed by atoms with Crippen LogP contribution in [0, 0.1) is 6.92 Å². The van der Waals surface area contributed by atoms with Gasteiger partial charge in [0.05, 0.1) is 17.3 Å². The molecule has 0 heterocycles. The highest BCUT2D eigenvalue weighted by atomic mass is 35.5. The van der Waals surface area contributed by atoms with E-state index in [1.165, 1.54) is 17.0 Å². The van der Waals surface area contributed by atoms with Crippen molar-refractivity contribution in [2.45, 2.75) is 78.0 Å². The highest BCUT2D eigenvalue weighted by Gasteiger charge is 2.36. The SMILES string of the molecule is CCCCCCN(C(=O)C(CO)NC(=O)OC(C)(C)C)C(C(=O)Nc1c(C)cccc1Cl)c1ccc(O)cc1. The lowest BCUT2D eigenvalue weighted by molar-refractivity contribution is -0.141. The summed E-state index contributed by atoms with van der Waals surface area (Å²) >= 11 is 6.37. The normalized spacial score (nSPS) is 12.8. The highest BCUT2D eigenvalue weighted by Crippen LogP contribution is 2.30. The zero-order valence-corrected chi connectivity index (χ0v) is 24.0. The number of ether oxygens (including phenoxy) is 1. The average Bonchev–Trinajstić information content (AvgIpc) is 2.86. The molecule has 0 aliphatic heterocycles. The van der Waals surface area contributed by atoms with E-state index in [9.17, 15) is 24.6 Å². The second kappa shape index (κ2) is 14.7. The van der Waals surface area contributed by atoms with Crippen LogP contribution in [-0.4, -0.2) is 57.8 Å². The number of aliphatic hydroxyl groups is 1. The minimum Gasteiger partial charge on any atom is -0.508 e. The van der Waals surface area contributed by atoms with E-state index in [1.807, 2.05) is 0 Å². The summed E-state index contributed by atoms with van der Waals surface area (Å²) in [5.41, 5.74) is 0.777. The van der Waals surface area contributed by atoms with Crippen molar-refractivity contribution in [3.05, 3.63) is 58.6 Å². The number of carbonyl (C=O) groups excluding carboxylic acids is 3. The fourth-order valence-electron chi connectivity index (χ4n) is 4.02. The molecule has 214 valence electrons. The van der Waals surface area contributed by atoms with Crippen molar-refractivity contribution in [1.29, 1.82) is 0 Å². The first-order valence-electron chi connectivity index (χ1n) is 13.1. The van der Waals surface area contributed by atoms with Crippen LogP contribution in [0.1, 0.15) is 70.5 Å². The zero-order valence-electron chi connectivity index (χ0n) is 23.3. The molecule has 0 aliphatic rings. The Kier molecular flexibility index (Phi) is 12.1. The topological polar surface area (TPSA) is 128 Å². The van der Waals surface area contributed by atoms with E-state index in [0.717, 1.165) is 24.8 Å². The maximum atomic E-state index is 13.9. The van der Waals surface area contributed by atoms with Crippen molar-refractivity contribution in [2.24, 2.45) is 0 Å². The molecule has 0 spiro atoms. The van der Waals surface area contributed by atoms with E-state index < -0.39 is 42.2 Å². The number of aromatic hydroxyl groups is 1. The first kappa shape index (κ1) is 31.9. The average molecular weight is 562 g/mol. The molecule has 0 bridgehead atoms. The standard InChI is InChI=1S/C29H40ClN3O6/c1-6-7-8-9-17-33(27(37)23(18-34)31-28(38)39-29(3,4)5)25(20-13-15-21(35)16-14-20)26(36)32-24-19(2)11-10-12-22(24)30/h10-16,23,25,34-35H,6-9,17-18H2,1-5H3,(H,31,38)(H,32,36). The fourth-order valence-corrected chi connectivity index (χ4v) is 4.29. The molecule has 2 aromatic carbocycles. The summed E-state index contributed by atoms with van der Waals surface area (Å²) in [5, 5.41) is 25.6. The van der Waals surface area contributed by atoms with Gasteiger partial charge in [0.2, 0.25) is 5.91 Å². The lowest BCUT2D eigenvalue weighted by atomic mass is 10.0. The van der Waals surface area contributed by atoms with Gasteiger partial charge in [-0.2, -0.15) is 0 Å². The van der Waals surface area contributed by atoms with Gasteiger partial charge < -0.3 is 30.5 Å². The number of benzene rings is 2. The number of hydrogen-bond donors (Lipinski definition) is 4. The summed E-state index contributed by atoms with van der Waals surface area (Å²) in [4.78, 5) is 41.5. The smallest absolute Gasteiger partial charge is 0.408 e. The number of hydrogen-bond acceptors (Lipinski definition) is 6. The third-order valence-electron chi connectivity index (χ3n) is 5.95. The van der Waals surface area contributed by atoms with E-state index >= 15 is 0 Å². The number of aryl methyl sites for hydroxylation is 1. The van der Waals surface area contributed by atoms with Gasteiger partial charge in [0.15, 0.2) is 0 Å². The Morgan fingerprint density at radius 1 is 1.05 bits per heavy atom. The van der Waals surface area contributed by atoms with E-state index in [0.29, 0.717) is 22.7 Å². The van der Waals surface area contributed by atoms with Gasteiger partial charge in [0.25, 0.3) is 5.91 Å². The molecule has 2 unspecified atom stereocenters.